The molecule has 0 bridgehead atoms. The number of aromatic amines is 1. The number of nitrogens with zero attached hydrogens (tertiary/aromatic N) is 1. The second kappa shape index (κ2) is 5.11. The van der Waals surface area contributed by atoms with Crippen molar-refractivity contribution in [3.05, 3.63) is 32.6 Å². The van der Waals surface area contributed by atoms with Crippen molar-refractivity contribution < 1.29 is 19.0 Å². The Morgan fingerprint density at radius 1 is 1.47 bits per heavy atom. The van der Waals surface area contributed by atoms with Crippen LogP contribution < -0.4 is 15.9 Å². The standard InChI is InChI=1S/C5H7N2O6P.Na.H/c1-3-2-7(13-14(10,11)12)5(9)6-4(3)8;;/h2H,1H3,(H,6,8,9)(H2,10,11,12);;. The van der Waals surface area contributed by atoms with Crippen LogP contribution in [0.25, 0.3) is 0 Å². The third kappa shape index (κ3) is 4.33. The van der Waals surface area contributed by atoms with Gasteiger partial charge in [0.2, 0.25) is 0 Å². The molecule has 0 radical (unpaired) electrons. The second-order valence-corrected chi connectivity index (χ2v) is 3.61. The summed E-state index contributed by atoms with van der Waals surface area (Å²) in [5.41, 5.74) is -1.59. The van der Waals surface area contributed by atoms with Gasteiger partial charge in [0.25, 0.3) is 5.56 Å². The van der Waals surface area contributed by atoms with E-state index in [0.717, 1.165) is 6.20 Å². The molecule has 0 saturated heterocycles. The third-order valence-corrected chi connectivity index (χ3v) is 1.67. The summed E-state index contributed by atoms with van der Waals surface area (Å²) >= 11 is 0. The van der Waals surface area contributed by atoms with E-state index >= 15 is 0 Å². The molecular weight excluding hydrogens is 238 g/mol. The minimum atomic E-state index is -4.81. The average Bonchev–Trinajstić information content (AvgIpc) is 1.97. The molecule has 0 unspecified atom stereocenters. The summed E-state index contributed by atoms with van der Waals surface area (Å²) in [7, 11) is -4.81. The van der Waals surface area contributed by atoms with Gasteiger partial charge in [-0.1, -0.05) is 0 Å². The summed E-state index contributed by atoms with van der Waals surface area (Å²) in [5, 5.41) is 0. The number of aromatic nitrogens is 2. The van der Waals surface area contributed by atoms with Crippen LogP contribution in [-0.2, 0) is 4.57 Å². The first-order chi connectivity index (χ1) is 6.29. The van der Waals surface area contributed by atoms with Crippen molar-refractivity contribution in [2.24, 2.45) is 0 Å². The van der Waals surface area contributed by atoms with E-state index in [1.807, 2.05) is 4.98 Å². The molecule has 0 aliphatic carbocycles. The van der Waals surface area contributed by atoms with E-state index in [1.54, 1.807) is 0 Å². The number of nitrogens with one attached hydrogen (secondary N) is 1. The van der Waals surface area contributed by atoms with E-state index in [1.165, 1.54) is 6.92 Å². The fraction of sp³-hybridized carbons (Fsp3) is 0.200. The van der Waals surface area contributed by atoms with Crippen molar-refractivity contribution in [3.8, 4) is 0 Å². The zero-order valence-electron chi connectivity index (χ0n) is 7.00. The molecular formula is C5H8N2NaO6P. The maximum atomic E-state index is 10.9. The first kappa shape index (κ1) is 14.6. The van der Waals surface area contributed by atoms with Crippen LogP contribution in [0, 0.1) is 6.92 Å². The van der Waals surface area contributed by atoms with E-state index < -0.39 is 19.1 Å². The molecule has 8 nitrogen and oxygen atoms in total. The van der Waals surface area contributed by atoms with E-state index in [9.17, 15) is 14.2 Å². The van der Waals surface area contributed by atoms with Gasteiger partial charge in [0.1, 0.15) is 0 Å². The fourth-order valence-electron chi connectivity index (χ4n) is 0.719. The molecule has 3 N–H and O–H groups in total. The van der Waals surface area contributed by atoms with Crippen LogP contribution in [-0.4, -0.2) is 49.1 Å². The molecule has 0 amide bonds. The monoisotopic (exact) mass is 246 g/mol. The number of hydrogen-bond donors (Lipinski definition) is 3. The van der Waals surface area contributed by atoms with Gasteiger partial charge in [-0.05, 0) is 6.92 Å². The quantitative estimate of drug-likeness (QED) is 0.399. The molecule has 0 spiro atoms. The molecule has 1 rings (SSSR count). The Bertz CT molecular complexity index is 501. The van der Waals surface area contributed by atoms with Crippen LogP contribution in [0.2, 0.25) is 0 Å². The minimum absolute atomic E-state index is 0. The van der Waals surface area contributed by atoms with Crippen LogP contribution in [0.15, 0.2) is 15.8 Å². The molecule has 0 saturated carbocycles. The van der Waals surface area contributed by atoms with Gasteiger partial charge in [-0.15, -0.1) is 4.73 Å². The van der Waals surface area contributed by atoms with Crippen molar-refractivity contribution in [2.45, 2.75) is 6.92 Å². The first-order valence-corrected chi connectivity index (χ1v) is 4.91. The number of aryl methyl sites for hydroxylation is 1. The summed E-state index contributed by atoms with van der Waals surface area (Å²) < 4.78 is 14.6. The van der Waals surface area contributed by atoms with E-state index in [0.29, 0.717) is 0 Å². The van der Waals surface area contributed by atoms with Gasteiger partial charge in [-0.25, -0.2) is 9.36 Å². The summed E-state index contributed by atoms with van der Waals surface area (Å²) in [6.45, 7) is 1.36. The van der Waals surface area contributed by atoms with Crippen LogP contribution in [0.1, 0.15) is 5.56 Å². The predicted molar refractivity (Wildman–Crippen MR) is 51.8 cm³/mol. The molecule has 0 aromatic carbocycles. The van der Waals surface area contributed by atoms with E-state index in [-0.39, 0.29) is 39.9 Å². The molecule has 10 heteroatoms. The van der Waals surface area contributed by atoms with Crippen molar-refractivity contribution in [2.75, 3.05) is 0 Å². The van der Waals surface area contributed by atoms with Crippen LogP contribution in [0.5, 0.6) is 0 Å². The molecule has 1 heterocycles. The molecule has 1 aromatic rings. The van der Waals surface area contributed by atoms with E-state index in [4.69, 9.17) is 9.79 Å². The predicted octanol–water partition coefficient (Wildman–Crippen LogP) is -2.28. The van der Waals surface area contributed by atoms with Gasteiger partial charge in [0, 0.05) is 5.56 Å². The Kier molecular flexibility index (Phi) is 4.98. The maximum absolute atomic E-state index is 10.9. The van der Waals surface area contributed by atoms with Crippen molar-refractivity contribution >= 4 is 37.4 Å². The van der Waals surface area contributed by atoms with Gasteiger partial charge >= 0.3 is 43.1 Å². The Hall–Kier alpha value is -0.370. The molecule has 1 aromatic heterocycles. The fourth-order valence-corrected chi connectivity index (χ4v) is 1.07. The van der Waals surface area contributed by atoms with Crippen molar-refractivity contribution in [1.82, 2.24) is 9.71 Å². The molecule has 0 aliphatic rings. The second-order valence-electron chi connectivity index (χ2n) is 2.47. The molecule has 0 aliphatic heterocycles. The van der Waals surface area contributed by atoms with Crippen molar-refractivity contribution in [3.63, 3.8) is 0 Å². The summed E-state index contributed by atoms with van der Waals surface area (Å²) in [6.07, 6.45) is 0.889. The Labute approximate surface area is 105 Å². The van der Waals surface area contributed by atoms with Crippen LogP contribution in [0.3, 0.4) is 0 Å². The first-order valence-electron chi connectivity index (χ1n) is 3.38. The van der Waals surface area contributed by atoms with Crippen LogP contribution >= 0.6 is 7.82 Å². The van der Waals surface area contributed by atoms with Crippen LogP contribution in [0.4, 0.5) is 0 Å². The number of hydrogen-bond acceptors (Lipinski definition) is 4. The SMILES string of the molecule is Cc1cn(OP(=O)(O)O)c(=O)[nH]c1=O.[NaH]. The Morgan fingerprint density at radius 3 is 2.47 bits per heavy atom. The van der Waals surface area contributed by atoms with Gasteiger partial charge in [-0.2, -0.15) is 0 Å². The zero-order chi connectivity index (χ0) is 10.9. The third-order valence-electron chi connectivity index (χ3n) is 1.28. The van der Waals surface area contributed by atoms with Crippen molar-refractivity contribution in [1.29, 1.82) is 0 Å². The topological polar surface area (TPSA) is 122 Å². The number of H-pyrrole nitrogens is 1. The summed E-state index contributed by atoms with van der Waals surface area (Å²) in [6, 6.07) is 0. The Morgan fingerprint density at radius 2 is 2.00 bits per heavy atom. The normalized spacial score (nSPS) is 10.6. The van der Waals surface area contributed by atoms with Gasteiger partial charge in [0.15, 0.2) is 0 Å². The van der Waals surface area contributed by atoms with E-state index in [2.05, 4.69) is 4.62 Å². The van der Waals surface area contributed by atoms with Gasteiger partial charge in [-0.3, -0.25) is 19.6 Å². The summed E-state index contributed by atoms with van der Waals surface area (Å²) in [5.74, 6) is 0. The number of rotatable bonds is 2. The molecule has 80 valence electrons. The summed E-state index contributed by atoms with van der Waals surface area (Å²) in [4.78, 5) is 40.3. The molecule has 15 heavy (non-hydrogen) atoms. The molecule has 0 atom stereocenters. The zero-order valence-corrected chi connectivity index (χ0v) is 7.89. The van der Waals surface area contributed by atoms with Gasteiger partial charge in [0.05, 0.1) is 6.20 Å². The average molecular weight is 246 g/mol. The number of phosphoric acid groups is 1. The Balaban J connectivity index is 0.00000196. The van der Waals surface area contributed by atoms with Gasteiger partial charge < -0.3 is 4.62 Å². The molecule has 0 fully saturated rings.